The number of ether oxygens (including phenoxy) is 1. The van der Waals surface area contributed by atoms with Crippen molar-refractivity contribution in [3.8, 4) is 0 Å². The van der Waals surface area contributed by atoms with Crippen LogP contribution in [0.4, 0.5) is 13.2 Å². The van der Waals surface area contributed by atoms with Crippen molar-refractivity contribution < 1.29 is 17.9 Å². The maximum atomic E-state index is 11.7. The summed E-state index contributed by atoms with van der Waals surface area (Å²) in [4.78, 5) is 0. The highest BCUT2D eigenvalue weighted by molar-refractivity contribution is 4.67. The van der Waals surface area contributed by atoms with Crippen molar-refractivity contribution in [1.29, 1.82) is 0 Å². The fourth-order valence-corrected chi connectivity index (χ4v) is 1.74. The van der Waals surface area contributed by atoms with Crippen molar-refractivity contribution in [2.75, 3.05) is 20.3 Å². The van der Waals surface area contributed by atoms with Gasteiger partial charge in [-0.15, -0.1) is 0 Å². The van der Waals surface area contributed by atoms with Crippen LogP contribution in [0.2, 0.25) is 0 Å². The Kier molecular flexibility index (Phi) is 8.60. The standard InChI is InChI=1S/C12H24F3NO/c1-10(2)11(16-3)7-5-4-6-8-17-9-12(13,14)15/h10-11,16H,4-9H2,1-3H3. The van der Waals surface area contributed by atoms with Crippen molar-refractivity contribution in [2.45, 2.75) is 51.7 Å². The SMILES string of the molecule is CNC(CCCCCOCC(F)(F)F)C(C)C. The summed E-state index contributed by atoms with van der Waals surface area (Å²) >= 11 is 0. The molecule has 0 heterocycles. The predicted molar refractivity (Wildman–Crippen MR) is 63.0 cm³/mol. The minimum atomic E-state index is -4.20. The lowest BCUT2D eigenvalue weighted by Crippen LogP contribution is -2.30. The molecule has 0 spiro atoms. The van der Waals surface area contributed by atoms with Gasteiger partial charge in [-0.05, 0) is 25.8 Å². The normalized spacial score (nSPS) is 14.3. The Morgan fingerprint density at radius 2 is 1.76 bits per heavy atom. The lowest BCUT2D eigenvalue weighted by molar-refractivity contribution is -0.174. The Morgan fingerprint density at radius 3 is 2.24 bits per heavy atom. The minimum Gasteiger partial charge on any atom is -0.372 e. The van der Waals surface area contributed by atoms with Gasteiger partial charge in [0.2, 0.25) is 0 Å². The maximum absolute atomic E-state index is 11.7. The molecule has 0 aromatic rings. The van der Waals surface area contributed by atoms with Gasteiger partial charge in [0.25, 0.3) is 0 Å². The highest BCUT2D eigenvalue weighted by atomic mass is 19.4. The number of nitrogens with one attached hydrogen (secondary N) is 1. The lowest BCUT2D eigenvalue weighted by atomic mass is 9.98. The highest BCUT2D eigenvalue weighted by Crippen LogP contribution is 2.15. The van der Waals surface area contributed by atoms with Gasteiger partial charge in [0, 0.05) is 12.6 Å². The number of halogens is 3. The molecule has 0 aliphatic heterocycles. The molecule has 0 rings (SSSR count). The topological polar surface area (TPSA) is 21.3 Å². The molecule has 17 heavy (non-hydrogen) atoms. The van der Waals surface area contributed by atoms with E-state index in [2.05, 4.69) is 23.9 Å². The molecule has 0 bridgehead atoms. The van der Waals surface area contributed by atoms with E-state index in [1.807, 2.05) is 7.05 Å². The van der Waals surface area contributed by atoms with E-state index in [0.717, 1.165) is 19.3 Å². The third kappa shape index (κ3) is 10.6. The Balaban J connectivity index is 3.35. The van der Waals surface area contributed by atoms with Crippen LogP contribution in [0.3, 0.4) is 0 Å². The van der Waals surface area contributed by atoms with Crippen molar-refractivity contribution in [3.63, 3.8) is 0 Å². The summed E-state index contributed by atoms with van der Waals surface area (Å²) in [6.07, 6.45) is -0.491. The van der Waals surface area contributed by atoms with E-state index >= 15 is 0 Å². The van der Waals surface area contributed by atoms with Gasteiger partial charge in [-0.25, -0.2) is 0 Å². The Labute approximate surface area is 102 Å². The van der Waals surface area contributed by atoms with E-state index in [9.17, 15) is 13.2 Å². The number of alkyl halides is 3. The predicted octanol–water partition coefficient (Wildman–Crippen LogP) is 3.37. The second kappa shape index (κ2) is 8.75. The van der Waals surface area contributed by atoms with Gasteiger partial charge in [-0.3, -0.25) is 0 Å². The number of rotatable bonds is 9. The van der Waals surface area contributed by atoms with E-state index in [1.165, 1.54) is 0 Å². The molecular weight excluding hydrogens is 231 g/mol. The molecule has 104 valence electrons. The Hall–Kier alpha value is -0.290. The second-order valence-corrected chi connectivity index (χ2v) is 4.66. The van der Waals surface area contributed by atoms with Gasteiger partial charge < -0.3 is 10.1 Å². The molecule has 0 aliphatic rings. The van der Waals surface area contributed by atoms with Crippen LogP contribution in [-0.4, -0.2) is 32.5 Å². The zero-order chi connectivity index (χ0) is 13.3. The fraction of sp³-hybridized carbons (Fsp3) is 1.00. The molecule has 1 unspecified atom stereocenters. The van der Waals surface area contributed by atoms with Gasteiger partial charge in [0.1, 0.15) is 6.61 Å². The van der Waals surface area contributed by atoms with Crippen LogP contribution in [0.25, 0.3) is 0 Å². The largest absolute Gasteiger partial charge is 0.411 e. The van der Waals surface area contributed by atoms with Gasteiger partial charge in [-0.1, -0.05) is 26.7 Å². The van der Waals surface area contributed by atoms with Crippen molar-refractivity contribution in [1.82, 2.24) is 5.32 Å². The van der Waals surface area contributed by atoms with Crippen LogP contribution in [0.1, 0.15) is 39.5 Å². The Bertz CT molecular complexity index is 183. The van der Waals surface area contributed by atoms with Crippen LogP contribution in [0.15, 0.2) is 0 Å². The average molecular weight is 255 g/mol. The number of hydrogen-bond acceptors (Lipinski definition) is 2. The first-order valence-electron chi connectivity index (χ1n) is 6.18. The van der Waals surface area contributed by atoms with Crippen molar-refractivity contribution >= 4 is 0 Å². The first kappa shape index (κ1) is 16.7. The average Bonchev–Trinajstić information content (AvgIpc) is 2.20. The lowest BCUT2D eigenvalue weighted by Gasteiger charge is -2.19. The first-order valence-corrected chi connectivity index (χ1v) is 6.18. The van der Waals surface area contributed by atoms with E-state index < -0.39 is 12.8 Å². The summed E-state index contributed by atoms with van der Waals surface area (Å²) in [5.41, 5.74) is 0. The van der Waals surface area contributed by atoms with E-state index in [4.69, 9.17) is 0 Å². The third-order valence-electron chi connectivity index (χ3n) is 2.75. The fourth-order valence-electron chi connectivity index (χ4n) is 1.74. The molecule has 0 radical (unpaired) electrons. The van der Waals surface area contributed by atoms with Gasteiger partial charge in [0.15, 0.2) is 0 Å². The summed E-state index contributed by atoms with van der Waals surface area (Å²) in [6, 6.07) is 0.492. The zero-order valence-corrected chi connectivity index (χ0v) is 10.9. The van der Waals surface area contributed by atoms with Crippen LogP contribution >= 0.6 is 0 Å². The van der Waals surface area contributed by atoms with Gasteiger partial charge >= 0.3 is 6.18 Å². The summed E-state index contributed by atoms with van der Waals surface area (Å²) in [5, 5.41) is 3.24. The Morgan fingerprint density at radius 1 is 1.12 bits per heavy atom. The summed E-state index contributed by atoms with van der Waals surface area (Å²) in [6.45, 7) is 3.39. The van der Waals surface area contributed by atoms with Crippen LogP contribution in [0, 0.1) is 5.92 Å². The molecule has 0 aromatic carbocycles. The summed E-state index contributed by atoms with van der Waals surface area (Å²) < 4.78 is 39.8. The maximum Gasteiger partial charge on any atom is 0.411 e. The molecule has 1 N–H and O–H groups in total. The highest BCUT2D eigenvalue weighted by Gasteiger charge is 2.27. The molecule has 0 aromatic heterocycles. The van der Waals surface area contributed by atoms with Crippen molar-refractivity contribution in [2.24, 2.45) is 5.92 Å². The number of hydrogen-bond donors (Lipinski definition) is 1. The molecule has 2 nitrogen and oxygen atoms in total. The van der Waals surface area contributed by atoms with Crippen molar-refractivity contribution in [3.05, 3.63) is 0 Å². The monoisotopic (exact) mass is 255 g/mol. The van der Waals surface area contributed by atoms with E-state index in [1.54, 1.807) is 0 Å². The smallest absolute Gasteiger partial charge is 0.372 e. The molecular formula is C12H24F3NO. The molecule has 5 heteroatoms. The van der Waals surface area contributed by atoms with Crippen LogP contribution in [-0.2, 0) is 4.74 Å². The second-order valence-electron chi connectivity index (χ2n) is 4.66. The quantitative estimate of drug-likeness (QED) is 0.638. The molecule has 0 amide bonds. The number of unbranched alkanes of at least 4 members (excludes halogenated alkanes) is 2. The van der Waals surface area contributed by atoms with E-state index in [0.29, 0.717) is 18.4 Å². The molecule has 1 atom stereocenters. The molecule has 0 fully saturated rings. The summed E-state index contributed by atoms with van der Waals surface area (Å²) in [7, 11) is 1.94. The van der Waals surface area contributed by atoms with Crippen LogP contribution < -0.4 is 5.32 Å². The minimum absolute atomic E-state index is 0.200. The van der Waals surface area contributed by atoms with E-state index in [-0.39, 0.29) is 6.61 Å². The van der Waals surface area contributed by atoms with Gasteiger partial charge in [-0.2, -0.15) is 13.2 Å². The van der Waals surface area contributed by atoms with Crippen LogP contribution in [0.5, 0.6) is 0 Å². The summed E-state index contributed by atoms with van der Waals surface area (Å²) in [5.74, 6) is 0.585. The molecule has 0 saturated carbocycles. The molecule has 0 saturated heterocycles. The molecule has 0 aliphatic carbocycles. The zero-order valence-electron chi connectivity index (χ0n) is 10.9. The first-order chi connectivity index (χ1) is 7.87. The third-order valence-corrected chi connectivity index (χ3v) is 2.75. The van der Waals surface area contributed by atoms with Gasteiger partial charge in [0.05, 0.1) is 0 Å².